The number of likely N-dealkylation sites (N-methyl/N-ethyl adjacent to an activating group) is 1. The van der Waals surface area contributed by atoms with E-state index in [1.807, 2.05) is 13.8 Å². The van der Waals surface area contributed by atoms with Gasteiger partial charge in [-0.05, 0) is 51.0 Å². The highest BCUT2D eigenvalue weighted by Gasteiger charge is 2.45. The first kappa shape index (κ1) is 18.8. The van der Waals surface area contributed by atoms with E-state index in [1.165, 1.54) is 0 Å². The Morgan fingerprint density at radius 2 is 1.67 bits per heavy atom. The number of nitrogens with one attached hydrogen (secondary N) is 1. The van der Waals surface area contributed by atoms with Crippen molar-refractivity contribution in [2.24, 2.45) is 5.41 Å². The predicted octanol–water partition coefficient (Wildman–Crippen LogP) is 4.68. The van der Waals surface area contributed by atoms with Gasteiger partial charge in [0.05, 0.1) is 5.60 Å². The van der Waals surface area contributed by atoms with Crippen LogP contribution in [0.1, 0.15) is 66.2 Å². The minimum absolute atomic E-state index is 0.0950. The Bertz CT molecular complexity index is 305. The first-order valence-corrected chi connectivity index (χ1v) is 8.08. The Labute approximate surface area is 126 Å². The fraction of sp³-hybridized carbons (Fsp3) is 1.00. The molecule has 1 rings (SSSR count). The molecule has 21 heavy (non-hydrogen) atoms. The molecule has 1 atom stereocenters. The molecule has 1 N–H and O–H groups in total. The summed E-state index contributed by atoms with van der Waals surface area (Å²) >= 11 is 0. The van der Waals surface area contributed by atoms with Crippen molar-refractivity contribution in [2.75, 3.05) is 13.2 Å². The molecular weight excluding hydrogens is 279 g/mol. The Morgan fingerprint density at radius 1 is 1.10 bits per heavy atom. The first-order valence-electron chi connectivity index (χ1n) is 8.08. The fourth-order valence-electron chi connectivity index (χ4n) is 3.34. The lowest BCUT2D eigenvalue weighted by Crippen LogP contribution is -2.55. The summed E-state index contributed by atoms with van der Waals surface area (Å²) in [7, 11) is 0. The monoisotopic (exact) mass is 309 g/mol. The van der Waals surface area contributed by atoms with Crippen LogP contribution in [0.3, 0.4) is 0 Å². The van der Waals surface area contributed by atoms with Crippen LogP contribution in [0, 0.1) is 5.41 Å². The van der Waals surface area contributed by atoms with Gasteiger partial charge in [0.2, 0.25) is 0 Å². The second-order valence-corrected chi connectivity index (χ2v) is 6.93. The molecular formula is C16H30F3NO. The molecule has 1 saturated carbocycles. The van der Waals surface area contributed by atoms with Gasteiger partial charge in [-0.2, -0.15) is 13.2 Å². The van der Waals surface area contributed by atoms with Gasteiger partial charge in [-0.15, -0.1) is 0 Å². The van der Waals surface area contributed by atoms with E-state index in [4.69, 9.17) is 4.74 Å². The molecule has 2 nitrogen and oxygen atoms in total. The van der Waals surface area contributed by atoms with Crippen molar-refractivity contribution in [1.29, 1.82) is 0 Å². The average molecular weight is 309 g/mol. The molecule has 1 aliphatic rings. The highest BCUT2D eigenvalue weighted by Crippen LogP contribution is 2.44. The molecule has 0 amide bonds. The maximum absolute atomic E-state index is 12.6. The number of ether oxygens (including phenoxy) is 1. The van der Waals surface area contributed by atoms with Crippen molar-refractivity contribution in [3.63, 3.8) is 0 Å². The van der Waals surface area contributed by atoms with Crippen molar-refractivity contribution in [3.05, 3.63) is 0 Å². The lowest BCUT2D eigenvalue weighted by Gasteiger charge is -2.48. The van der Waals surface area contributed by atoms with Crippen molar-refractivity contribution in [1.82, 2.24) is 5.32 Å². The van der Waals surface area contributed by atoms with E-state index in [2.05, 4.69) is 19.2 Å². The highest BCUT2D eigenvalue weighted by atomic mass is 19.4. The minimum Gasteiger partial charge on any atom is -0.374 e. The Hall–Kier alpha value is -0.290. The zero-order valence-corrected chi connectivity index (χ0v) is 13.8. The van der Waals surface area contributed by atoms with Gasteiger partial charge in [0, 0.05) is 19.1 Å². The van der Waals surface area contributed by atoms with E-state index < -0.39 is 18.2 Å². The van der Waals surface area contributed by atoms with Crippen LogP contribution >= 0.6 is 0 Å². The smallest absolute Gasteiger partial charge is 0.374 e. The molecule has 0 radical (unpaired) electrons. The van der Waals surface area contributed by atoms with E-state index in [1.54, 1.807) is 0 Å². The zero-order chi connectivity index (χ0) is 16.1. The maximum Gasteiger partial charge on any atom is 0.389 e. The molecule has 5 heteroatoms. The Kier molecular flexibility index (Phi) is 6.54. The lowest BCUT2D eigenvalue weighted by molar-refractivity contribution is -0.148. The molecule has 1 unspecified atom stereocenters. The number of halogens is 3. The number of hydrogen-bond donors (Lipinski definition) is 1. The van der Waals surface area contributed by atoms with Crippen LogP contribution in [0.4, 0.5) is 13.2 Å². The van der Waals surface area contributed by atoms with Gasteiger partial charge < -0.3 is 10.1 Å². The zero-order valence-electron chi connectivity index (χ0n) is 13.8. The van der Waals surface area contributed by atoms with E-state index >= 15 is 0 Å². The van der Waals surface area contributed by atoms with Gasteiger partial charge in [0.1, 0.15) is 0 Å². The average Bonchev–Trinajstić information content (AvgIpc) is 2.37. The van der Waals surface area contributed by atoms with E-state index in [-0.39, 0.29) is 17.9 Å². The fourth-order valence-corrected chi connectivity index (χ4v) is 3.34. The molecule has 126 valence electrons. The van der Waals surface area contributed by atoms with E-state index in [9.17, 15) is 13.2 Å². The molecule has 1 fully saturated rings. The van der Waals surface area contributed by atoms with Crippen molar-refractivity contribution >= 4 is 0 Å². The van der Waals surface area contributed by atoms with Crippen LogP contribution in [0.25, 0.3) is 0 Å². The third-order valence-electron chi connectivity index (χ3n) is 4.68. The summed E-state index contributed by atoms with van der Waals surface area (Å²) in [5.41, 5.74) is -0.174. The molecule has 0 aromatic carbocycles. The van der Waals surface area contributed by atoms with Crippen molar-refractivity contribution in [2.45, 2.75) is 84.0 Å². The summed E-state index contributed by atoms with van der Waals surface area (Å²) in [5, 5.41) is 3.25. The van der Waals surface area contributed by atoms with Crippen molar-refractivity contribution < 1.29 is 17.9 Å². The predicted molar refractivity (Wildman–Crippen MR) is 79.4 cm³/mol. The van der Waals surface area contributed by atoms with Crippen LogP contribution in [0.5, 0.6) is 0 Å². The van der Waals surface area contributed by atoms with E-state index in [0.29, 0.717) is 13.2 Å². The second kappa shape index (κ2) is 7.32. The van der Waals surface area contributed by atoms with Gasteiger partial charge in [-0.1, -0.05) is 20.8 Å². The molecule has 0 aromatic heterocycles. The Balaban J connectivity index is 2.82. The molecule has 0 aromatic rings. The second-order valence-electron chi connectivity index (χ2n) is 6.93. The molecule has 0 aliphatic heterocycles. The van der Waals surface area contributed by atoms with Gasteiger partial charge in [-0.3, -0.25) is 0 Å². The number of rotatable bonds is 7. The first-order chi connectivity index (χ1) is 9.64. The van der Waals surface area contributed by atoms with E-state index in [0.717, 1.165) is 25.7 Å². The van der Waals surface area contributed by atoms with Gasteiger partial charge >= 0.3 is 6.18 Å². The summed E-state index contributed by atoms with van der Waals surface area (Å²) in [6, 6.07) is -0.222. The van der Waals surface area contributed by atoms with Crippen LogP contribution in [0.2, 0.25) is 0 Å². The van der Waals surface area contributed by atoms with Gasteiger partial charge in [-0.25, -0.2) is 0 Å². The van der Waals surface area contributed by atoms with Crippen LogP contribution in [0.15, 0.2) is 0 Å². The van der Waals surface area contributed by atoms with Crippen molar-refractivity contribution in [3.8, 4) is 0 Å². The highest BCUT2D eigenvalue weighted by molar-refractivity contribution is 4.99. The largest absolute Gasteiger partial charge is 0.389 e. The van der Waals surface area contributed by atoms with Gasteiger partial charge in [0.25, 0.3) is 0 Å². The standard InChI is InChI=1S/C16H30F3NO/c1-5-20-13(7-8-16(17,18)19)15(21-6-2)11-9-14(3,4)10-12-15/h13,20H,5-12H2,1-4H3. The summed E-state index contributed by atoms with van der Waals surface area (Å²) < 4.78 is 43.8. The number of alkyl halides is 3. The van der Waals surface area contributed by atoms with Crippen LogP contribution < -0.4 is 5.32 Å². The Morgan fingerprint density at radius 3 is 2.10 bits per heavy atom. The molecule has 1 aliphatic carbocycles. The lowest BCUT2D eigenvalue weighted by atomic mass is 9.67. The third kappa shape index (κ3) is 5.78. The molecule has 0 bridgehead atoms. The van der Waals surface area contributed by atoms with Gasteiger partial charge in [0.15, 0.2) is 0 Å². The third-order valence-corrected chi connectivity index (χ3v) is 4.68. The summed E-state index contributed by atoms with van der Waals surface area (Å²) in [5.74, 6) is 0. The maximum atomic E-state index is 12.6. The summed E-state index contributed by atoms with van der Waals surface area (Å²) in [6.45, 7) is 9.53. The van der Waals surface area contributed by atoms with Crippen LogP contribution in [-0.4, -0.2) is 31.0 Å². The molecule has 0 spiro atoms. The van der Waals surface area contributed by atoms with Crippen LogP contribution in [-0.2, 0) is 4.74 Å². The topological polar surface area (TPSA) is 21.3 Å². The molecule has 0 saturated heterocycles. The minimum atomic E-state index is -4.10. The number of hydrogen-bond acceptors (Lipinski definition) is 2. The quantitative estimate of drug-likeness (QED) is 0.737. The summed E-state index contributed by atoms with van der Waals surface area (Å²) in [4.78, 5) is 0. The summed E-state index contributed by atoms with van der Waals surface area (Å²) in [6.07, 6.45) is -1.08. The SMILES string of the molecule is CCNC(CCC(F)(F)F)C1(OCC)CCC(C)(C)CC1. The normalized spacial score (nSPS) is 23.0. The molecule has 0 heterocycles.